The minimum atomic E-state index is -0.667. The summed E-state index contributed by atoms with van der Waals surface area (Å²) in [5.41, 5.74) is 0. The van der Waals surface area contributed by atoms with Crippen LogP contribution in [0.15, 0.2) is 0 Å². The summed E-state index contributed by atoms with van der Waals surface area (Å²) < 4.78 is -0.667. The van der Waals surface area contributed by atoms with Crippen molar-refractivity contribution in [2.75, 3.05) is 0 Å². The zero-order valence-corrected chi connectivity index (χ0v) is 5.36. The van der Waals surface area contributed by atoms with Gasteiger partial charge in [0.05, 0.1) is 0 Å². The maximum atomic E-state index is 9.07. The van der Waals surface area contributed by atoms with Gasteiger partial charge in [-0.1, -0.05) is 0 Å². The largest absolute Gasteiger partial charge is 1.00 e. The van der Waals surface area contributed by atoms with Gasteiger partial charge in [-0.3, -0.25) is 0 Å². The van der Waals surface area contributed by atoms with E-state index in [0.717, 1.165) is 0 Å². The van der Waals surface area contributed by atoms with Crippen LogP contribution in [0.5, 0.6) is 0 Å². The Labute approximate surface area is 71.6 Å². The summed E-state index contributed by atoms with van der Waals surface area (Å²) in [5.74, 6) is 0. The second-order valence-corrected chi connectivity index (χ2v) is 1.25. The van der Waals surface area contributed by atoms with Gasteiger partial charge in [0, 0.05) is 0 Å². The molecule has 0 N–H and O–H groups in total. The average Bonchev–Trinajstić information content (AvgIpc) is 0.811. The topological polar surface area (TPSA) is 23.1 Å². The van der Waals surface area contributed by atoms with Crippen LogP contribution in [0.1, 0.15) is 0 Å². The van der Waals surface area contributed by atoms with Crippen LogP contribution < -0.4 is 42.8 Å². The summed E-state index contributed by atoms with van der Waals surface area (Å²) in [6.45, 7) is 0. The molecule has 0 bridgehead atoms. The van der Waals surface area contributed by atoms with Crippen molar-refractivity contribution in [1.82, 2.24) is 0 Å². The molecule has 0 atom stereocenters. The van der Waals surface area contributed by atoms with Crippen molar-refractivity contribution in [2.24, 2.45) is 0 Å². The Morgan fingerprint density at radius 2 is 1.50 bits per heavy atom. The van der Waals surface area contributed by atoms with E-state index in [9.17, 15) is 0 Å². The molecule has 6 heavy (non-hydrogen) atoms. The first-order chi connectivity index (χ1) is 1.73. The molecule has 0 radical (unpaired) electrons. The molecule has 0 rings (SSSR count). The molecule has 0 aromatic carbocycles. The molecule has 0 aliphatic rings. The van der Waals surface area contributed by atoms with E-state index in [1.54, 1.807) is 0 Å². The number of hydrogen-bond acceptors (Lipinski definition) is 3. The molecule has 0 aromatic rings. The predicted octanol–water partition coefficient (Wildman–Crippen LogP) is -6.81. The Balaban J connectivity index is -0.0000000450. The smallest absolute Gasteiger partial charge is 0.887 e. The average molecular weight is 106 g/mol. The summed E-state index contributed by atoms with van der Waals surface area (Å²) in [7, 11) is 0. The number of thiocarbonyl (C=S) groups is 1. The first kappa shape index (κ1) is 15.7. The van der Waals surface area contributed by atoms with E-state index in [1.165, 1.54) is 0 Å². The third kappa shape index (κ3) is 57.7. The SMILES string of the molecule is [Li+].[Li+].[O-]C(=S)[S-]. The van der Waals surface area contributed by atoms with Gasteiger partial charge in [-0.2, -0.15) is 0 Å². The quantitative estimate of drug-likeness (QED) is 0.174. The fourth-order valence-corrected chi connectivity index (χ4v) is 0. The molecule has 5 heteroatoms. The Bertz CT molecular complexity index is 34.5. The fraction of sp³-hybridized carbons (Fsp3) is 0. The summed E-state index contributed by atoms with van der Waals surface area (Å²) in [5, 5.41) is 9.07. The van der Waals surface area contributed by atoms with Gasteiger partial charge in [-0.25, -0.2) is 4.38 Å². The van der Waals surface area contributed by atoms with Gasteiger partial charge in [0.15, 0.2) is 0 Å². The molecule has 0 unspecified atom stereocenters. The van der Waals surface area contributed by atoms with Gasteiger partial charge in [-0.05, 0) is 0 Å². The van der Waals surface area contributed by atoms with Gasteiger partial charge >= 0.3 is 37.7 Å². The summed E-state index contributed by atoms with van der Waals surface area (Å²) in [4.78, 5) is 0. The van der Waals surface area contributed by atoms with Crippen LogP contribution in [0, 0.1) is 0 Å². The fourth-order valence-electron chi connectivity index (χ4n) is 0. The molecule has 0 saturated carbocycles. The molecule has 0 aromatic heterocycles. The van der Waals surface area contributed by atoms with Crippen molar-refractivity contribution in [3.63, 3.8) is 0 Å². The van der Waals surface area contributed by atoms with Crippen LogP contribution in [0.25, 0.3) is 0 Å². The summed E-state index contributed by atoms with van der Waals surface area (Å²) >= 11 is 7.59. The molecular weight excluding hydrogens is 106 g/mol. The third-order valence-electron chi connectivity index (χ3n) is 0. The Kier molecular flexibility index (Phi) is 25.0. The van der Waals surface area contributed by atoms with Gasteiger partial charge in [0.1, 0.15) is 0 Å². The number of rotatable bonds is 0. The maximum Gasteiger partial charge on any atom is 1.00 e. The van der Waals surface area contributed by atoms with E-state index < -0.39 is 4.38 Å². The predicted molar refractivity (Wildman–Crippen MR) is 20.0 cm³/mol. The summed E-state index contributed by atoms with van der Waals surface area (Å²) in [6, 6.07) is 0. The minimum Gasteiger partial charge on any atom is -0.887 e. The Morgan fingerprint density at radius 1 is 1.50 bits per heavy atom. The molecule has 0 heterocycles. The monoisotopic (exact) mass is 106 g/mol. The second kappa shape index (κ2) is 9.57. The molecular formula is CLi2OS2. The van der Waals surface area contributed by atoms with Crippen molar-refractivity contribution >= 4 is 29.2 Å². The number of hydrogen-bond donors (Lipinski definition) is 0. The van der Waals surface area contributed by atoms with E-state index in [1.807, 2.05) is 0 Å². The maximum absolute atomic E-state index is 9.07. The molecule has 0 aliphatic carbocycles. The van der Waals surface area contributed by atoms with Crippen molar-refractivity contribution in [3.8, 4) is 0 Å². The van der Waals surface area contributed by atoms with Crippen LogP contribution in [-0.2, 0) is 12.6 Å². The molecule has 0 fully saturated rings. The van der Waals surface area contributed by atoms with Crippen LogP contribution in [0.3, 0.4) is 0 Å². The van der Waals surface area contributed by atoms with Gasteiger partial charge < -0.3 is 30.0 Å². The van der Waals surface area contributed by atoms with Crippen molar-refractivity contribution < 1.29 is 42.8 Å². The Hall–Kier alpha value is 1.30. The van der Waals surface area contributed by atoms with E-state index in [4.69, 9.17) is 5.11 Å². The standard InChI is InChI=1S/CH2OS2.2Li/c2-1(3)4;;/h(H2,2,3,4);;/q;2*+1/p-2. The molecule has 1 nitrogen and oxygen atoms in total. The zero-order valence-electron chi connectivity index (χ0n) is 3.72. The van der Waals surface area contributed by atoms with Crippen LogP contribution >= 0.6 is 12.2 Å². The van der Waals surface area contributed by atoms with Gasteiger partial charge in [-0.15, -0.1) is 0 Å². The molecule has 0 spiro atoms. The first-order valence-electron chi connectivity index (χ1n) is 0.612. The normalized spacial score (nSPS) is 4.00. The zero-order chi connectivity index (χ0) is 3.58. The van der Waals surface area contributed by atoms with E-state index >= 15 is 0 Å². The van der Waals surface area contributed by atoms with E-state index in [2.05, 4.69) is 24.8 Å². The first-order valence-corrected chi connectivity index (χ1v) is 1.43. The second-order valence-electron chi connectivity index (χ2n) is 0.250. The van der Waals surface area contributed by atoms with E-state index in [0.29, 0.717) is 0 Å². The van der Waals surface area contributed by atoms with E-state index in [-0.39, 0.29) is 37.7 Å². The third-order valence-corrected chi connectivity index (χ3v) is 0. The van der Waals surface area contributed by atoms with Crippen LogP contribution in [0.2, 0.25) is 0 Å². The van der Waals surface area contributed by atoms with Crippen LogP contribution in [-0.4, -0.2) is 4.38 Å². The summed E-state index contributed by atoms with van der Waals surface area (Å²) in [6.07, 6.45) is 0. The molecule has 0 saturated heterocycles. The van der Waals surface area contributed by atoms with Crippen molar-refractivity contribution in [2.45, 2.75) is 0 Å². The van der Waals surface area contributed by atoms with Crippen molar-refractivity contribution in [1.29, 1.82) is 0 Å². The molecule has 0 amide bonds. The Morgan fingerprint density at radius 3 is 1.50 bits per heavy atom. The van der Waals surface area contributed by atoms with Crippen LogP contribution in [0.4, 0.5) is 0 Å². The van der Waals surface area contributed by atoms with Gasteiger partial charge in [0.2, 0.25) is 0 Å². The molecule has 24 valence electrons. The minimum absolute atomic E-state index is 0. The van der Waals surface area contributed by atoms with Crippen molar-refractivity contribution in [3.05, 3.63) is 0 Å². The van der Waals surface area contributed by atoms with Gasteiger partial charge in [0.25, 0.3) is 0 Å². The molecule has 0 aliphatic heterocycles.